The van der Waals surface area contributed by atoms with Crippen molar-refractivity contribution in [3.8, 4) is 0 Å². The lowest BCUT2D eigenvalue weighted by atomic mass is 9.96. The van der Waals surface area contributed by atoms with Crippen LogP contribution in [0.1, 0.15) is 26.7 Å². The molecule has 10 heteroatoms. The van der Waals surface area contributed by atoms with Gasteiger partial charge in [0, 0.05) is 19.5 Å². The van der Waals surface area contributed by atoms with E-state index in [1.165, 1.54) is 11.2 Å². The van der Waals surface area contributed by atoms with E-state index in [0.29, 0.717) is 13.1 Å². The zero-order valence-electron chi connectivity index (χ0n) is 11.9. The van der Waals surface area contributed by atoms with Crippen molar-refractivity contribution in [1.82, 2.24) is 14.5 Å². The average molecular weight is 333 g/mol. The third kappa shape index (κ3) is 3.57. The summed E-state index contributed by atoms with van der Waals surface area (Å²) in [6, 6.07) is -0.0917. The minimum absolute atomic E-state index is 0.0917. The topological polar surface area (TPSA) is 118 Å². The lowest BCUT2D eigenvalue weighted by Crippen LogP contribution is -2.46. The summed E-state index contributed by atoms with van der Waals surface area (Å²) in [7, 11) is -3.70. The molecule has 1 aromatic rings. The lowest BCUT2D eigenvalue weighted by Gasteiger charge is -2.35. The molecule has 1 saturated heterocycles. The summed E-state index contributed by atoms with van der Waals surface area (Å²) in [5.41, 5.74) is 5.66. The number of nitrogens with zero attached hydrogens (tertiary/aromatic N) is 3. The number of carbonyl (C=O) groups excluding carboxylic acids is 1. The van der Waals surface area contributed by atoms with E-state index >= 15 is 0 Å². The van der Waals surface area contributed by atoms with Gasteiger partial charge in [0.2, 0.25) is 15.4 Å². The number of sulfonamides is 1. The Bertz CT molecular complexity index is 615. The Morgan fingerprint density at radius 2 is 2.19 bits per heavy atom. The summed E-state index contributed by atoms with van der Waals surface area (Å²) in [5, 5.41) is 10.00. The highest BCUT2D eigenvalue weighted by Gasteiger charge is 2.36. The number of carbonyl (C=O) groups is 1. The largest absolute Gasteiger partial charge is 0.330 e. The van der Waals surface area contributed by atoms with E-state index in [1.54, 1.807) is 0 Å². The fraction of sp³-hybridized carbons (Fsp3) is 0.727. The quantitative estimate of drug-likeness (QED) is 0.762. The van der Waals surface area contributed by atoms with Crippen LogP contribution in [0.3, 0.4) is 0 Å². The van der Waals surface area contributed by atoms with Crippen molar-refractivity contribution >= 4 is 32.4 Å². The number of aromatic nitrogens is 2. The Morgan fingerprint density at radius 1 is 1.48 bits per heavy atom. The first-order valence-electron chi connectivity index (χ1n) is 6.67. The second-order valence-electron chi connectivity index (χ2n) is 5.16. The van der Waals surface area contributed by atoms with Crippen molar-refractivity contribution in [1.29, 1.82) is 0 Å². The van der Waals surface area contributed by atoms with E-state index in [-0.39, 0.29) is 27.3 Å². The average Bonchev–Trinajstić information content (AvgIpc) is 2.87. The van der Waals surface area contributed by atoms with Crippen LogP contribution in [0.15, 0.2) is 4.34 Å². The van der Waals surface area contributed by atoms with E-state index in [1.807, 2.05) is 6.92 Å². The zero-order chi connectivity index (χ0) is 15.6. The van der Waals surface area contributed by atoms with Gasteiger partial charge in [0.1, 0.15) is 0 Å². The molecule has 0 aliphatic carbocycles. The molecule has 2 atom stereocenters. The normalized spacial score (nSPS) is 24.0. The first kappa shape index (κ1) is 16.3. The van der Waals surface area contributed by atoms with Gasteiger partial charge in [-0.3, -0.25) is 4.79 Å². The van der Waals surface area contributed by atoms with Gasteiger partial charge in [-0.1, -0.05) is 11.3 Å². The van der Waals surface area contributed by atoms with E-state index in [4.69, 9.17) is 5.73 Å². The van der Waals surface area contributed by atoms with Gasteiger partial charge >= 0.3 is 0 Å². The van der Waals surface area contributed by atoms with Gasteiger partial charge in [-0.05, 0) is 32.2 Å². The van der Waals surface area contributed by atoms with E-state index in [2.05, 4.69) is 15.5 Å². The summed E-state index contributed by atoms with van der Waals surface area (Å²) in [6.07, 6.45) is 1.70. The maximum absolute atomic E-state index is 12.6. The van der Waals surface area contributed by atoms with Gasteiger partial charge in [-0.15, -0.1) is 10.2 Å². The molecule has 1 aliphatic heterocycles. The maximum Gasteiger partial charge on any atom is 0.272 e. The summed E-state index contributed by atoms with van der Waals surface area (Å²) in [5.74, 6) is -0.150. The molecule has 1 aromatic heterocycles. The Kier molecular flexibility index (Phi) is 4.91. The number of nitrogens with one attached hydrogen (secondary N) is 1. The molecular weight excluding hydrogens is 314 g/mol. The summed E-state index contributed by atoms with van der Waals surface area (Å²) >= 11 is 0.858. The number of nitrogens with two attached hydrogens (primary N) is 1. The second kappa shape index (κ2) is 6.34. The fourth-order valence-electron chi connectivity index (χ4n) is 2.29. The molecule has 1 fully saturated rings. The second-order valence-corrected chi connectivity index (χ2v) is 8.20. The van der Waals surface area contributed by atoms with Crippen LogP contribution in [0.25, 0.3) is 0 Å². The van der Waals surface area contributed by atoms with E-state index in [0.717, 1.165) is 24.2 Å². The van der Waals surface area contributed by atoms with Crippen molar-refractivity contribution in [2.75, 3.05) is 18.4 Å². The molecule has 8 nitrogen and oxygen atoms in total. The molecular formula is C11H19N5O3S2. The van der Waals surface area contributed by atoms with Gasteiger partial charge in [0.15, 0.2) is 0 Å². The standard InChI is InChI=1S/C11H19N5O3S2/c1-7-3-4-9(5-12)6-16(7)21(18,19)11-15-14-10(20-11)13-8(2)17/h7,9H,3-6,12H2,1-2H3,(H,13,14,17). The van der Waals surface area contributed by atoms with Crippen molar-refractivity contribution < 1.29 is 13.2 Å². The van der Waals surface area contributed by atoms with Crippen molar-refractivity contribution in [2.45, 2.75) is 37.1 Å². The smallest absolute Gasteiger partial charge is 0.272 e. The number of rotatable bonds is 4. The molecule has 2 rings (SSSR count). The van der Waals surface area contributed by atoms with Crippen LogP contribution in [0.5, 0.6) is 0 Å². The zero-order valence-corrected chi connectivity index (χ0v) is 13.6. The van der Waals surface area contributed by atoms with Crippen LogP contribution in [-0.2, 0) is 14.8 Å². The maximum atomic E-state index is 12.6. The molecule has 0 saturated carbocycles. The van der Waals surface area contributed by atoms with Gasteiger partial charge in [0.25, 0.3) is 10.0 Å². The number of piperidine rings is 1. The van der Waals surface area contributed by atoms with Gasteiger partial charge < -0.3 is 11.1 Å². The molecule has 2 heterocycles. The summed E-state index contributed by atoms with van der Waals surface area (Å²) in [6.45, 7) is 4.06. The molecule has 0 spiro atoms. The van der Waals surface area contributed by atoms with Gasteiger partial charge in [-0.25, -0.2) is 8.42 Å². The van der Waals surface area contributed by atoms with Crippen LogP contribution < -0.4 is 11.1 Å². The third-order valence-corrected chi connectivity index (χ3v) is 6.64. The van der Waals surface area contributed by atoms with Crippen LogP contribution in [0.2, 0.25) is 0 Å². The van der Waals surface area contributed by atoms with Gasteiger partial charge in [-0.2, -0.15) is 4.31 Å². The minimum atomic E-state index is -3.70. The van der Waals surface area contributed by atoms with Crippen molar-refractivity contribution in [3.05, 3.63) is 0 Å². The fourth-order valence-corrected chi connectivity index (χ4v) is 5.09. The SMILES string of the molecule is CC(=O)Nc1nnc(S(=O)(=O)N2CC(CN)CCC2C)s1. The Balaban J connectivity index is 2.23. The van der Waals surface area contributed by atoms with E-state index in [9.17, 15) is 13.2 Å². The number of anilines is 1. The minimum Gasteiger partial charge on any atom is -0.330 e. The van der Waals surface area contributed by atoms with Crippen LogP contribution in [0.4, 0.5) is 5.13 Å². The Hall–Kier alpha value is -1.10. The highest BCUT2D eigenvalue weighted by molar-refractivity contribution is 7.91. The van der Waals surface area contributed by atoms with Crippen LogP contribution >= 0.6 is 11.3 Å². The third-order valence-electron chi connectivity index (χ3n) is 3.47. The highest BCUT2D eigenvalue weighted by atomic mass is 32.2. The molecule has 3 N–H and O–H groups in total. The Morgan fingerprint density at radius 3 is 2.81 bits per heavy atom. The number of amides is 1. The van der Waals surface area contributed by atoms with Crippen molar-refractivity contribution in [3.63, 3.8) is 0 Å². The first-order valence-corrected chi connectivity index (χ1v) is 8.93. The molecule has 0 bridgehead atoms. The van der Waals surface area contributed by atoms with Crippen LogP contribution in [-0.4, -0.2) is 48.0 Å². The molecule has 118 valence electrons. The molecule has 0 radical (unpaired) electrons. The van der Waals surface area contributed by atoms with Crippen molar-refractivity contribution in [2.24, 2.45) is 11.7 Å². The predicted octanol–water partition coefficient (Wildman–Crippen LogP) is 0.244. The first-order chi connectivity index (χ1) is 9.84. The molecule has 0 aromatic carbocycles. The Labute approximate surface area is 127 Å². The van der Waals surface area contributed by atoms with Crippen LogP contribution in [0, 0.1) is 5.92 Å². The molecule has 2 unspecified atom stereocenters. The van der Waals surface area contributed by atoms with Gasteiger partial charge in [0.05, 0.1) is 0 Å². The predicted molar refractivity (Wildman–Crippen MR) is 79.3 cm³/mol. The molecule has 1 aliphatic rings. The summed E-state index contributed by atoms with van der Waals surface area (Å²) in [4.78, 5) is 11.0. The van der Waals surface area contributed by atoms with E-state index < -0.39 is 10.0 Å². The molecule has 21 heavy (non-hydrogen) atoms. The monoisotopic (exact) mass is 333 g/mol. The summed E-state index contributed by atoms with van der Waals surface area (Å²) < 4.78 is 26.6. The number of hydrogen-bond acceptors (Lipinski definition) is 7. The molecule has 1 amide bonds. The lowest BCUT2D eigenvalue weighted by molar-refractivity contribution is -0.114. The number of hydrogen-bond donors (Lipinski definition) is 2. The highest BCUT2D eigenvalue weighted by Crippen LogP contribution is 2.30.